The van der Waals surface area contributed by atoms with E-state index in [9.17, 15) is 19.2 Å². The Morgan fingerprint density at radius 2 is 1.71 bits per heavy atom. The Bertz CT molecular complexity index is 766. The number of imide groups is 1. The number of benzene rings is 1. The summed E-state index contributed by atoms with van der Waals surface area (Å²) in [5.74, 6) is -0.165. The van der Waals surface area contributed by atoms with Crippen LogP contribution in [0.1, 0.15) is 46.5 Å². The molecule has 1 aliphatic rings. The molecule has 0 spiro atoms. The Balaban J connectivity index is 1.67. The van der Waals surface area contributed by atoms with Crippen LogP contribution in [0.3, 0.4) is 0 Å². The molecule has 2 N–H and O–H groups in total. The SMILES string of the molecule is CCC(C)CNC(=O)CSCC(=O)NCCN1C(=O)c2ccc(C)cc2C1=O. The van der Waals surface area contributed by atoms with Crippen molar-refractivity contribution in [2.45, 2.75) is 27.2 Å². The van der Waals surface area contributed by atoms with Crippen LogP contribution in [0, 0.1) is 12.8 Å². The van der Waals surface area contributed by atoms with E-state index >= 15 is 0 Å². The normalized spacial score (nSPS) is 14.0. The van der Waals surface area contributed by atoms with Crippen LogP contribution in [-0.2, 0) is 9.59 Å². The van der Waals surface area contributed by atoms with Crippen molar-refractivity contribution in [3.05, 3.63) is 34.9 Å². The van der Waals surface area contributed by atoms with Gasteiger partial charge in [0.2, 0.25) is 11.8 Å². The second kappa shape index (κ2) is 10.3. The van der Waals surface area contributed by atoms with Crippen LogP contribution in [0.2, 0.25) is 0 Å². The van der Waals surface area contributed by atoms with Gasteiger partial charge in [-0.25, -0.2) is 0 Å². The van der Waals surface area contributed by atoms with Crippen LogP contribution < -0.4 is 10.6 Å². The first-order valence-corrected chi connectivity index (χ1v) is 10.6. The van der Waals surface area contributed by atoms with Crippen molar-refractivity contribution in [1.82, 2.24) is 15.5 Å². The van der Waals surface area contributed by atoms with E-state index in [2.05, 4.69) is 24.5 Å². The monoisotopic (exact) mass is 405 g/mol. The van der Waals surface area contributed by atoms with Gasteiger partial charge in [-0.15, -0.1) is 11.8 Å². The van der Waals surface area contributed by atoms with Gasteiger partial charge in [0.1, 0.15) is 0 Å². The standard InChI is InChI=1S/C20H27N3O4S/c1-4-13(2)10-22-18(25)12-28-11-17(24)21-7-8-23-19(26)15-6-5-14(3)9-16(15)20(23)27/h5-6,9,13H,4,7-8,10-12H2,1-3H3,(H,21,24)(H,22,25). The van der Waals surface area contributed by atoms with Gasteiger partial charge >= 0.3 is 0 Å². The van der Waals surface area contributed by atoms with Gasteiger partial charge in [-0.05, 0) is 25.0 Å². The highest BCUT2D eigenvalue weighted by atomic mass is 32.2. The lowest BCUT2D eigenvalue weighted by Crippen LogP contribution is -2.38. The molecule has 1 heterocycles. The van der Waals surface area contributed by atoms with E-state index in [0.717, 1.165) is 16.9 Å². The Morgan fingerprint density at radius 1 is 1.07 bits per heavy atom. The summed E-state index contributed by atoms with van der Waals surface area (Å²) in [4.78, 5) is 49.4. The maximum atomic E-state index is 12.4. The van der Waals surface area contributed by atoms with Crippen molar-refractivity contribution in [3.63, 3.8) is 0 Å². The van der Waals surface area contributed by atoms with Gasteiger partial charge in [0.15, 0.2) is 0 Å². The number of hydrogen-bond acceptors (Lipinski definition) is 5. The molecular formula is C20H27N3O4S. The lowest BCUT2D eigenvalue weighted by Gasteiger charge is -2.14. The zero-order chi connectivity index (χ0) is 20.7. The lowest BCUT2D eigenvalue weighted by molar-refractivity contribution is -0.119. The molecule has 4 amide bonds. The fourth-order valence-corrected chi connectivity index (χ4v) is 3.36. The largest absolute Gasteiger partial charge is 0.355 e. The number of nitrogens with one attached hydrogen (secondary N) is 2. The average molecular weight is 406 g/mol. The first kappa shape index (κ1) is 21.9. The fraction of sp³-hybridized carbons (Fsp3) is 0.500. The molecule has 0 saturated heterocycles. The summed E-state index contributed by atoms with van der Waals surface area (Å²) < 4.78 is 0. The van der Waals surface area contributed by atoms with E-state index in [1.54, 1.807) is 18.2 Å². The van der Waals surface area contributed by atoms with Crippen LogP contribution in [0.4, 0.5) is 0 Å². The molecular weight excluding hydrogens is 378 g/mol. The number of rotatable bonds is 10. The van der Waals surface area contributed by atoms with Gasteiger partial charge in [-0.2, -0.15) is 0 Å². The molecule has 1 atom stereocenters. The van der Waals surface area contributed by atoms with Gasteiger partial charge in [0.25, 0.3) is 11.8 Å². The van der Waals surface area contributed by atoms with Crippen molar-refractivity contribution in [2.24, 2.45) is 5.92 Å². The summed E-state index contributed by atoms with van der Waals surface area (Å²) in [6.45, 7) is 6.95. The van der Waals surface area contributed by atoms with Crippen LogP contribution in [0.5, 0.6) is 0 Å². The number of carbonyl (C=O) groups is 4. The number of nitrogens with zero attached hydrogens (tertiary/aromatic N) is 1. The second-order valence-electron chi connectivity index (χ2n) is 6.97. The summed E-state index contributed by atoms with van der Waals surface area (Å²) >= 11 is 1.23. The number of amides is 4. The van der Waals surface area contributed by atoms with Crippen molar-refractivity contribution < 1.29 is 19.2 Å². The molecule has 2 rings (SSSR count). The van der Waals surface area contributed by atoms with Crippen molar-refractivity contribution in [3.8, 4) is 0 Å². The Labute approximate surface area is 169 Å². The zero-order valence-electron chi connectivity index (χ0n) is 16.5. The summed E-state index contributed by atoms with van der Waals surface area (Å²) in [6, 6.07) is 5.16. The molecule has 0 aliphatic carbocycles. The van der Waals surface area contributed by atoms with Crippen molar-refractivity contribution >= 4 is 35.4 Å². The molecule has 1 aromatic carbocycles. The van der Waals surface area contributed by atoms with Crippen LogP contribution in [0.25, 0.3) is 0 Å². The number of thioether (sulfide) groups is 1. The molecule has 7 nitrogen and oxygen atoms in total. The minimum absolute atomic E-state index is 0.0839. The van der Waals surface area contributed by atoms with E-state index in [1.165, 1.54) is 11.8 Å². The molecule has 8 heteroatoms. The maximum absolute atomic E-state index is 12.4. The first-order valence-electron chi connectivity index (χ1n) is 9.41. The van der Waals surface area contributed by atoms with E-state index in [1.807, 2.05) is 6.92 Å². The minimum Gasteiger partial charge on any atom is -0.355 e. The lowest BCUT2D eigenvalue weighted by atomic mass is 10.1. The quantitative estimate of drug-likeness (QED) is 0.577. The van der Waals surface area contributed by atoms with Gasteiger partial charge in [-0.3, -0.25) is 24.1 Å². The third kappa shape index (κ3) is 5.82. The third-order valence-electron chi connectivity index (χ3n) is 4.59. The fourth-order valence-electron chi connectivity index (χ4n) is 2.69. The smallest absolute Gasteiger partial charge is 0.261 e. The summed E-state index contributed by atoms with van der Waals surface area (Å²) in [5, 5.41) is 5.52. The molecule has 0 aromatic heterocycles. The van der Waals surface area contributed by atoms with E-state index in [0.29, 0.717) is 23.6 Å². The van der Waals surface area contributed by atoms with Crippen LogP contribution >= 0.6 is 11.8 Å². The van der Waals surface area contributed by atoms with Gasteiger partial charge in [0, 0.05) is 19.6 Å². The summed E-state index contributed by atoms with van der Waals surface area (Å²) in [7, 11) is 0. The molecule has 0 fully saturated rings. The number of fused-ring (bicyclic) bond motifs is 1. The molecule has 0 saturated carbocycles. The highest BCUT2D eigenvalue weighted by Gasteiger charge is 2.34. The van der Waals surface area contributed by atoms with E-state index in [-0.39, 0.29) is 48.2 Å². The third-order valence-corrected chi connectivity index (χ3v) is 5.53. The number of aryl methyl sites for hydroxylation is 1. The second-order valence-corrected chi connectivity index (χ2v) is 7.96. The number of carbonyl (C=O) groups excluding carboxylic acids is 4. The zero-order valence-corrected chi connectivity index (χ0v) is 17.4. The Kier molecular flexibility index (Phi) is 8.04. The first-order chi connectivity index (χ1) is 13.3. The topological polar surface area (TPSA) is 95.6 Å². The minimum atomic E-state index is -0.332. The molecule has 1 aromatic rings. The van der Waals surface area contributed by atoms with Gasteiger partial charge in [-0.1, -0.05) is 31.9 Å². The molecule has 28 heavy (non-hydrogen) atoms. The summed E-state index contributed by atoms with van der Waals surface area (Å²) in [6.07, 6.45) is 1.00. The predicted octanol–water partition coefficient (Wildman–Crippen LogP) is 1.60. The maximum Gasteiger partial charge on any atom is 0.261 e. The highest BCUT2D eigenvalue weighted by Crippen LogP contribution is 2.23. The van der Waals surface area contributed by atoms with Crippen molar-refractivity contribution in [2.75, 3.05) is 31.1 Å². The predicted molar refractivity (Wildman–Crippen MR) is 109 cm³/mol. The number of hydrogen-bond donors (Lipinski definition) is 2. The van der Waals surface area contributed by atoms with Crippen LogP contribution in [-0.4, -0.2) is 59.7 Å². The molecule has 152 valence electrons. The molecule has 1 unspecified atom stereocenters. The average Bonchev–Trinajstić information content (AvgIpc) is 2.90. The van der Waals surface area contributed by atoms with Crippen LogP contribution in [0.15, 0.2) is 18.2 Å². The highest BCUT2D eigenvalue weighted by molar-refractivity contribution is 8.00. The molecule has 1 aliphatic heterocycles. The molecule has 0 bridgehead atoms. The van der Waals surface area contributed by atoms with E-state index in [4.69, 9.17) is 0 Å². The summed E-state index contributed by atoms with van der Waals surface area (Å²) in [5.41, 5.74) is 1.73. The van der Waals surface area contributed by atoms with Gasteiger partial charge in [0.05, 0.1) is 22.6 Å². The van der Waals surface area contributed by atoms with Gasteiger partial charge < -0.3 is 10.6 Å². The Hall–Kier alpha value is -2.35. The van der Waals surface area contributed by atoms with E-state index < -0.39 is 0 Å². The molecule has 0 radical (unpaired) electrons. The Morgan fingerprint density at radius 3 is 2.39 bits per heavy atom. The van der Waals surface area contributed by atoms with Crippen molar-refractivity contribution in [1.29, 1.82) is 0 Å².